The van der Waals surface area contributed by atoms with Gasteiger partial charge in [-0.3, -0.25) is 0 Å². The average molecular weight is 177 g/mol. The van der Waals surface area contributed by atoms with Crippen LogP contribution in [-0.2, 0) is 4.74 Å². The summed E-state index contributed by atoms with van der Waals surface area (Å²) in [5.41, 5.74) is 0.361. The molecule has 0 N–H and O–H groups in total. The van der Waals surface area contributed by atoms with Crippen molar-refractivity contribution in [1.82, 2.24) is 0 Å². The van der Waals surface area contributed by atoms with E-state index in [1.807, 2.05) is 0 Å². The molecular formula is C9H17ClO. The highest BCUT2D eigenvalue weighted by atomic mass is 35.5. The summed E-state index contributed by atoms with van der Waals surface area (Å²) in [5, 5.41) is 0. The van der Waals surface area contributed by atoms with E-state index in [2.05, 4.69) is 13.8 Å². The zero-order valence-electron chi connectivity index (χ0n) is 7.40. The molecule has 1 nitrogen and oxygen atoms in total. The van der Waals surface area contributed by atoms with Gasteiger partial charge in [0.15, 0.2) is 0 Å². The van der Waals surface area contributed by atoms with Gasteiger partial charge in [0.1, 0.15) is 0 Å². The molecule has 1 aliphatic heterocycles. The van der Waals surface area contributed by atoms with Crippen molar-refractivity contribution in [2.75, 3.05) is 19.1 Å². The van der Waals surface area contributed by atoms with Crippen molar-refractivity contribution in [1.29, 1.82) is 0 Å². The minimum Gasteiger partial charge on any atom is -0.381 e. The van der Waals surface area contributed by atoms with Crippen LogP contribution in [0.15, 0.2) is 0 Å². The first-order chi connectivity index (χ1) is 5.21. The van der Waals surface area contributed by atoms with E-state index in [0.717, 1.165) is 31.9 Å². The molecule has 11 heavy (non-hydrogen) atoms. The van der Waals surface area contributed by atoms with E-state index in [0.29, 0.717) is 11.3 Å². The first-order valence-corrected chi connectivity index (χ1v) is 4.88. The van der Waals surface area contributed by atoms with Crippen LogP contribution in [0.5, 0.6) is 0 Å². The zero-order valence-corrected chi connectivity index (χ0v) is 8.16. The lowest BCUT2D eigenvalue weighted by molar-refractivity contribution is 0.00262. The largest absolute Gasteiger partial charge is 0.381 e. The third-order valence-electron chi connectivity index (χ3n) is 2.98. The summed E-state index contributed by atoms with van der Waals surface area (Å²) in [7, 11) is 0. The fraction of sp³-hybridized carbons (Fsp3) is 1.00. The number of ether oxygens (including phenoxy) is 1. The van der Waals surface area contributed by atoms with Crippen LogP contribution in [0.25, 0.3) is 0 Å². The third-order valence-corrected chi connectivity index (χ3v) is 3.51. The molecule has 66 valence electrons. The van der Waals surface area contributed by atoms with Crippen LogP contribution in [0, 0.1) is 11.3 Å². The Labute approximate surface area is 74.1 Å². The molecule has 0 aromatic carbocycles. The molecule has 0 unspecified atom stereocenters. The van der Waals surface area contributed by atoms with Crippen molar-refractivity contribution in [2.24, 2.45) is 11.3 Å². The van der Waals surface area contributed by atoms with Gasteiger partial charge in [-0.15, -0.1) is 11.6 Å². The van der Waals surface area contributed by atoms with Gasteiger partial charge in [-0.1, -0.05) is 13.8 Å². The van der Waals surface area contributed by atoms with Crippen LogP contribution in [0.3, 0.4) is 0 Å². The van der Waals surface area contributed by atoms with E-state index < -0.39 is 0 Å². The molecule has 0 spiro atoms. The molecule has 1 fully saturated rings. The lowest BCUT2D eigenvalue weighted by atomic mass is 9.73. The van der Waals surface area contributed by atoms with E-state index in [9.17, 15) is 0 Å². The maximum Gasteiger partial charge on any atom is 0.0471 e. The molecule has 1 rings (SSSR count). The van der Waals surface area contributed by atoms with Crippen molar-refractivity contribution in [3.05, 3.63) is 0 Å². The molecule has 0 aromatic rings. The first kappa shape index (κ1) is 9.34. The summed E-state index contributed by atoms with van der Waals surface area (Å²) in [6, 6.07) is 0. The van der Waals surface area contributed by atoms with Crippen molar-refractivity contribution in [3.8, 4) is 0 Å². The number of hydrogen-bond donors (Lipinski definition) is 0. The standard InChI is InChI=1S/C9H17ClO/c1-8(2)9(7-10)3-5-11-6-4-9/h8H,3-7H2,1-2H3. The molecule has 1 aliphatic rings. The number of hydrogen-bond acceptors (Lipinski definition) is 1. The highest BCUT2D eigenvalue weighted by molar-refractivity contribution is 6.18. The van der Waals surface area contributed by atoms with Crippen molar-refractivity contribution < 1.29 is 4.74 Å². The molecule has 1 heterocycles. The van der Waals surface area contributed by atoms with Gasteiger partial charge >= 0.3 is 0 Å². The smallest absolute Gasteiger partial charge is 0.0471 e. The second-order valence-electron chi connectivity index (χ2n) is 3.76. The molecule has 0 amide bonds. The second kappa shape index (κ2) is 3.77. The van der Waals surface area contributed by atoms with Crippen LogP contribution >= 0.6 is 11.6 Å². The molecule has 0 aliphatic carbocycles. The fourth-order valence-electron chi connectivity index (χ4n) is 1.64. The third kappa shape index (κ3) is 1.88. The maximum absolute atomic E-state index is 5.98. The Hall–Kier alpha value is 0.250. The quantitative estimate of drug-likeness (QED) is 0.588. The van der Waals surface area contributed by atoms with Crippen LogP contribution in [0.2, 0.25) is 0 Å². The Kier molecular flexibility index (Phi) is 3.20. The molecule has 2 heteroatoms. The predicted octanol–water partition coefficient (Wildman–Crippen LogP) is 2.68. The van der Waals surface area contributed by atoms with Crippen molar-refractivity contribution in [2.45, 2.75) is 26.7 Å². The normalized spacial score (nSPS) is 24.0. The van der Waals surface area contributed by atoms with E-state index in [1.165, 1.54) is 0 Å². The van der Waals surface area contributed by atoms with Gasteiger partial charge in [0.05, 0.1) is 0 Å². The predicted molar refractivity (Wildman–Crippen MR) is 48.0 cm³/mol. The van der Waals surface area contributed by atoms with Crippen molar-refractivity contribution >= 4 is 11.6 Å². The van der Waals surface area contributed by atoms with Gasteiger partial charge in [0.2, 0.25) is 0 Å². The lowest BCUT2D eigenvalue weighted by Gasteiger charge is -2.39. The van der Waals surface area contributed by atoms with E-state index in [4.69, 9.17) is 16.3 Å². The van der Waals surface area contributed by atoms with Gasteiger partial charge < -0.3 is 4.74 Å². The molecule has 1 saturated heterocycles. The summed E-state index contributed by atoms with van der Waals surface area (Å²) < 4.78 is 5.32. The lowest BCUT2D eigenvalue weighted by Crippen LogP contribution is -2.35. The van der Waals surface area contributed by atoms with Crippen LogP contribution in [-0.4, -0.2) is 19.1 Å². The van der Waals surface area contributed by atoms with Gasteiger partial charge in [0.25, 0.3) is 0 Å². The van der Waals surface area contributed by atoms with Crippen LogP contribution < -0.4 is 0 Å². The molecule has 0 saturated carbocycles. The average Bonchev–Trinajstić information content (AvgIpc) is 2.05. The van der Waals surface area contributed by atoms with E-state index in [-0.39, 0.29) is 0 Å². The highest BCUT2D eigenvalue weighted by Gasteiger charge is 2.34. The highest BCUT2D eigenvalue weighted by Crippen LogP contribution is 2.38. The zero-order chi connectivity index (χ0) is 8.32. The fourth-order valence-corrected chi connectivity index (χ4v) is 2.22. The Balaban J connectivity index is 2.57. The number of rotatable bonds is 2. The Bertz CT molecular complexity index is 117. The molecule has 0 bridgehead atoms. The van der Waals surface area contributed by atoms with Crippen molar-refractivity contribution in [3.63, 3.8) is 0 Å². The second-order valence-corrected chi connectivity index (χ2v) is 4.03. The minimum atomic E-state index is 0.361. The van der Waals surface area contributed by atoms with Gasteiger partial charge in [-0.05, 0) is 24.2 Å². The van der Waals surface area contributed by atoms with E-state index >= 15 is 0 Å². The van der Waals surface area contributed by atoms with Gasteiger partial charge in [-0.2, -0.15) is 0 Å². The summed E-state index contributed by atoms with van der Waals surface area (Å²) >= 11 is 5.98. The van der Waals surface area contributed by atoms with Gasteiger partial charge in [-0.25, -0.2) is 0 Å². The molecular weight excluding hydrogens is 160 g/mol. The first-order valence-electron chi connectivity index (χ1n) is 4.35. The van der Waals surface area contributed by atoms with Gasteiger partial charge in [0, 0.05) is 19.1 Å². The number of halogens is 1. The summed E-state index contributed by atoms with van der Waals surface area (Å²) in [6.45, 7) is 6.30. The summed E-state index contributed by atoms with van der Waals surface area (Å²) in [6.07, 6.45) is 2.27. The topological polar surface area (TPSA) is 9.23 Å². The molecule has 0 atom stereocenters. The molecule has 0 aromatic heterocycles. The SMILES string of the molecule is CC(C)C1(CCl)CCOCC1. The van der Waals surface area contributed by atoms with Crippen LogP contribution in [0.4, 0.5) is 0 Å². The van der Waals surface area contributed by atoms with E-state index in [1.54, 1.807) is 0 Å². The Morgan fingerprint density at radius 3 is 2.18 bits per heavy atom. The van der Waals surface area contributed by atoms with Crippen LogP contribution in [0.1, 0.15) is 26.7 Å². The summed E-state index contributed by atoms with van der Waals surface area (Å²) in [5.74, 6) is 1.47. The molecule has 0 radical (unpaired) electrons. The maximum atomic E-state index is 5.98. The Morgan fingerprint density at radius 1 is 1.36 bits per heavy atom. The number of alkyl halides is 1. The Morgan fingerprint density at radius 2 is 1.91 bits per heavy atom. The minimum absolute atomic E-state index is 0.361. The monoisotopic (exact) mass is 176 g/mol. The summed E-state index contributed by atoms with van der Waals surface area (Å²) in [4.78, 5) is 0.